The van der Waals surface area contributed by atoms with Gasteiger partial charge in [-0.25, -0.2) is 19.2 Å². The van der Waals surface area contributed by atoms with Gasteiger partial charge in [-0.15, -0.1) is 0 Å². The lowest BCUT2D eigenvalue weighted by molar-refractivity contribution is 0.0140. The summed E-state index contributed by atoms with van der Waals surface area (Å²) in [5, 5.41) is 81.8. The first-order chi connectivity index (χ1) is 57.0. The topological polar surface area (TPSA) is 352 Å². The summed E-state index contributed by atoms with van der Waals surface area (Å²) in [6, 6.07) is 0. The average Bonchev–Trinajstić information content (AvgIpc) is 0.922. The van der Waals surface area contributed by atoms with Crippen molar-refractivity contribution >= 4 is 24.4 Å². The summed E-state index contributed by atoms with van der Waals surface area (Å²) in [6.45, 7) is 39.8. The van der Waals surface area contributed by atoms with Gasteiger partial charge < -0.3 is 142 Å². The van der Waals surface area contributed by atoms with Gasteiger partial charge in [0.2, 0.25) is 0 Å². The maximum atomic E-state index is 12.2. The van der Waals surface area contributed by atoms with Crippen LogP contribution in [0.1, 0.15) is 176 Å². The fourth-order valence-corrected chi connectivity index (χ4v) is 15.1. The highest BCUT2D eigenvalue weighted by Gasteiger charge is 2.26. The summed E-state index contributed by atoms with van der Waals surface area (Å²) in [7, 11) is 9.07. The fourth-order valence-electron chi connectivity index (χ4n) is 15.1. The lowest BCUT2D eigenvalue weighted by Gasteiger charge is -2.31. The molecule has 8 unspecified atom stereocenters. The molecule has 0 radical (unpaired) electrons. The van der Waals surface area contributed by atoms with E-state index in [4.69, 9.17) is 42.6 Å². The van der Waals surface area contributed by atoms with Crippen molar-refractivity contribution in [2.45, 2.75) is 225 Å². The van der Waals surface area contributed by atoms with Crippen molar-refractivity contribution in [1.29, 1.82) is 0 Å². The maximum Gasteiger partial charge on any atom is 0.409 e. The molecule has 0 aromatic rings. The number of hydrogen-bond donors (Lipinski definition) is 8. The van der Waals surface area contributed by atoms with Crippen molar-refractivity contribution in [3.8, 4) is 0 Å². The summed E-state index contributed by atoms with van der Waals surface area (Å²) in [5.74, 6) is 0. The van der Waals surface area contributed by atoms with E-state index in [0.29, 0.717) is 144 Å². The normalized spacial score (nSPS) is 20.4. The second kappa shape index (κ2) is 74.6. The molecule has 33 heteroatoms. The molecule has 4 aliphatic heterocycles. The molecule has 4 heterocycles. The summed E-state index contributed by atoms with van der Waals surface area (Å²) in [5.41, 5.74) is 0. The number of hydrogen-bond acceptors (Lipinski definition) is 29. The van der Waals surface area contributed by atoms with Crippen LogP contribution in [0.15, 0.2) is 0 Å². The number of carbonyl (C=O) groups is 4. The van der Waals surface area contributed by atoms with Crippen LogP contribution in [0.25, 0.3) is 0 Å². The second-order valence-electron chi connectivity index (χ2n) is 31.9. The van der Waals surface area contributed by atoms with Crippen LogP contribution in [0.5, 0.6) is 0 Å². The number of rotatable bonds is 38. The Labute approximate surface area is 713 Å². The number of aliphatic hydroxyl groups excluding tert-OH is 8. The minimum atomic E-state index is -0.529. The summed E-state index contributed by atoms with van der Waals surface area (Å²) >= 11 is 0. The highest BCUT2D eigenvalue weighted by molar-refractivity contribution is 5.68. The zero-order valence-corrected chi connectivity index (χ0v) is 76.0. The van der Waals surface area contributed by atoms with E-state index >= 15 is 0 Å². The Morgan fingerprint density at radius 1 is 0.246 bits per heavy atom. The van der Waals surface area contributed by atoms with E-state index in [1.54, 1.807) is 33.8 Å². The second-order valence-corrected chi connectivity index (χ2v) is 31.9. The van der Waals surface area contributed by atoms with Gasteiger partial charge in [0, 0.05) is 152 Å². The molecule has 700 valence electrons. The van der Waals surface area contributed by atoms with E-state index in [0.717, 1.165) is 253 Å². The SMILES string of the molecule is CCC(O)CN1CCCN(CC(O)CC)CCCN(C(=O)OC)CCC1.CCC(O)CN1CCCN(CC(O)CCCCOC)CCCN(C(=O)OC)CCC1.CCOCC(O)CN1CCCN(CC(O)CCCCOC)CCCN(C(=O)OC)CCC1.CCOCC(O)CN1CCCN(CC(O)COCC)CCCN(C(=O)OC)CCC1. The Balaban J connectivity index is 0.000000789. The van der Waals surface area contributed by atoms with E-state index in [2.05, 4.69) is 39.2 Å². The van der Waals surface area contributed by atoms with Gasteiger partial charge in [0.15, 0.2) is 0 Å². The molecular weight excluding hydrogens is 1520 g/mol. The van der Waals surface area contributed by atoms with Crippen LogP contribution in [0, 0.1) is 0 Å². The Kier molecular flexibility index (Phi) is 71.0. The minimum Gasteiger partial charge on any atom is -0.453 e. The molecule has 0 aliphatic carbocycles. The third-order valence-electron chi connectivity index (χ3n) is 21.7. The molecule has 8 atom stereocenters. The number of aliphatic hydroxyl groups is 8. The van der Waals surface area contributed by atoms with Gasteiger partial charge >= 0.3 is 24.4 Å². The molecular formula is C85H174N12O21. The predicted octanol–water partition coefficient (Wildman–Crippen LogP) is 5.23. The van der Waals surface area contributed by atoms with Gasteiger partial charge in [0.05, 0.1) is 97.1 Å². The molecule has 8 N–H and O–H groups in total. The molecule has 4 aliphatic rings. The third kappa shape index (κ3) is 58.4. The predicted molar refractivity (Wildman–Crippen MR) is 463 cm³/mol. The monoisotopic (exact) mass is 1700 g/mol. The summed E-state index contributed by atoms with van der Waals surface area (Å²) < 4.78 is 45.9. The van der Waals surface area contributed by atoms with E-state index in [1.807, 2.05) is 41.5 Å². The van der Waals surface area contributed by atoms with Crippen molar-refractivity contribution in [2.24, 2.45) is 0 Å². The van der Waals surface area contributed by atoms with E-state index in [-0.39, 0.29) is 54.9 Å². The van der Waals surface area contributed by atoms with Crippen molar-refractivity contribution < 1.29 is 103 Å². The molecule has 4 fully saturated rings. The van der Waals surface area contributed by atoms with E-state index in [1.165, 1.54) is 28.4 Å². The standard InChI is InChI=1S/C23H47N3O6.C22H45N3O5.C21H43N3O6.C19H39N3O4/c1-4-32-20-22(28)19-25-12-7-11-24(18-21(27)10-5-6-17-30-2)13-8-15-26(16-9-14-25)23(29)31-3;1-4-20(26)18-23-11-7-12-24(19-21(27)10-5-6-17-29-2)14-9-16-25(15-8-13-23)22(28)30-3;1-4-29-17-19(25)15-22-9-6-10-23(16-20(26)18-30-5-2)12-8-14-24(13-7-11-22)21(27)28-3;1-4-17(23)15-20-9-6-10-21(16-18(24)5-2)12-8-14-22(13-7-11-20)19(25)26-3/h21-22,27-28H,4-20H2,1-3H3;20-21,26-27H,4-19H2,1-3H3;19-20,25-26H,4-18H2,1-3H3;17-18,23-24H,4-16H2,1-3H3. The van der Waals surface area contributed by atoms with Crippen molar-refractivity contribution in [3.63, 3.8) is 0 Å². The van der Waals surface area contributed by atoms with E-state index < -0.39 is 18.3 Å². The van der Waals surface area contributed by atoms with E-state index in [9.17, 15) is 60.0 Å². The van der Waals surface area contributed by atoms with Crippen LogP contribution in [-0.2, 0) is 42.6 Å². The van der Waals surface area contributed by atoms with Gasteiger partial charge in [0.25, 0.3) is 0 Å². The van der Waals surface area contributed by atoms with Gasteiger partial charge in [-0.1, -0.05) is 20.8 Å². The molecule has 0 saturated carbocycles. The van der Waals surface area contributed by atoms with Crippen molar-refractivity contribution in [2.75, 3.05) is 305 Å². The number of β-amino-alcohol motifs (C(OH)–C–C–N with tert-alkyl or cyclic N) is 8. The molecule has 4 rings (SSSR count). The Morgan fingerprint density at radius 3 is 0.576 bits per heavy atom. The lowest BCUT2D eigenvalue weighted by atomic mass is 10.1. The molecule has 0 aromatic carbocycles. The molecule has 0 aromatic heterocycles. The maximum absolute atomic E-state index is 12.2. The van der Waals surface area contributed by atoms with Gasteiger partial charge in [0.1, 0.15) is 0 Å². The number of methoxy groups -OCH3 is 6. The largest absolute Gasteiger partial charge is 0.453 e. The number of carbonyl (C=O) groups excluding carboxylic acids is 4. The Bertz CT molecular complexity index is 2300. The molecule has 118 heavy (non-hydrogen) atoms. The van der Waals surface area contributed by atoms with Crippen LogP contribution in [0.3, 0.4) is 0 Å². The first kappa shape index (κ1) is 112. The minimum absolute atomic E-state index is 0.276. The van der Waals surface area contributed by atoms with Crippen LogP contribution >= 0.6 is 0 Å². The Hall–Kier alpha value is -3.76. The third-order valence-corrected chi connectivity index (χ3v) is 21.7. The zero-order valence-electron chi connectivity index (χ0n) is 76.0. The smallest absolute Gasteiger partial charge is 0.409 e. The van der Waals surface area contributed by atoms with Crippen LogP contribution in [0.4, 0.5) is 19.2 Å². The number of unbranched alkanes of at least 4 members (excludes halogenated alkanes) is 2. The van der Waals surface area contributed by atoms with Gasteiger partial charge in [-0.3, -0.25) is 0 Å². The molecule has 0 bridgehead atoms. The summed E-state index contributed by atoms with van der Waals surface area (Å²) in [4.78, 5) is 73.6. The van der Waals surface area contributed by atoms with Crippen molar-refractivity contribution in [1.82, 2.24) is 58.8 Å². The number of ether oxygens (including phenoxy) is 9. The van der Waals surface area contributed by atoms with Crippen LogP contribution < -0.4 is 0 Å². The number of amides is 4. The fraction of sp³-hybridized carbons (Fsp3) is 0.953. The van der Waals surface area contributed by atoms with Crippen LogP contribution in [-0.4, -0.2) is 478 Å². The molecule has 0 spiro atoms. The summed E-state index contributed by atoms with van der Waals surface area (Å²) in [6.07, 6.45) is 14.0. The highest BCUT2D eigenvalue weighted by atomic mass is 16.6. The zero-order chi connectivity index (χ0) is 87.4. The van der Waals surface area contributed by atoms with Gasteiger partial charge in [-0.05, 0) is 260 Å². The molecule has 33 nitrogen and oxygen atoms in total. The first-order valence-electron chi connectivity index (χ1n) is 45.2. The van der Waals surface area contributed by atoms with Crippen LogP contribution in [0.2, 0.25) is 0 Å². The van der Waals surface area contributed by atoms with Crippen molar-refractivity contribution in [3.05, 3.63) is 0 Å². The molecule has 4 amide bonds. The average molecular weight is 1700 g/mol. The van der Waals surface area contributed by atoms with Gasteiger partial charge in [-0.2, -0.15) is 0 Å². The first-order valence-corrected chi connectivity index (χ1v) is 45.2. The molecule has 4 saturated heterocycles. The Morgan fingerprint density at radius 2 is 0.415 bits per heavy atom. The number of nitrogens with zero attached hydrogens (tertiary/aromatic N) is 12. The highest BCUT2D eigenvalue weighted by Crippen LogP contribution is 2.16. The quantitative estimate of drug-likeness (QED) is 0.0290. The lowest BCUT2D eigenvalue weighted by Crippen LogP contribution is -2.42.